The van der Waals surface area contributed by atoms with Gasteiger partial charge in [-0.1, -0.05) is 71.5 Å². The van der Waals surface area contributed by atoms with Crippen molar-refractivity contribution >= 4 is 55.5 Å². The summed E-state index contributed by atoms with van der Waals surface area (Å²) in [7, 11) is -4.20. The van der Waals surface area contributed by atoms with E-state index in [0.29, 0.717) is 22.5 Å². The van der Waals surface area contributed by atoms with Crippen molar-refractivity contribution in [3.8, 4) is 0 Å². The van der Waals surface area contributed by atoms with Crippen LogP contribution in [-0.4, -0.2) is 30.3 Å². The molecule has 4 aromatic rings. The van der Waals surface area contributed by atoms with Crippen molar-refractivity contribution < 1.29 is 18.0 Å². The Labute approximate surface area is 204 Å². The normalized spacial score (nSPS) is 11.1. The maximum absolute atomic E-state index is 13.0. The van der Waals surface area contributed by atoms with Crippen LogP contribution in [0.2, 0.25) is 5.02 Å². The number of hydrogen-bond acceptors (Lipinski definition) is 7. The molecule has 1 amide bonds. The van der Waals surface area contributed by atoms with Crippen LogP contribution in [0.1, 0.15) is 31.8 Å². The van der Waals surface area contributed by atoms with Crippen molar-refractivity contribution in [2.24, 2.45) is 0 Å². The number of carbonyl (C=O) groups excluding carboxylic acids is 2. The van der Waals surface area contributed by atoms with Gasteiger partial charge in [-0.3, -0.25) is 19.6 Å². The van der Waals surface area contributed by atoms with Crippen LogP contribution in [0.25, 0.3) is 0 Å². The molecule has 0 atom stereocenters. The zero-order valence-electron chi connectivity index (χ0n) is 17.7. The third-order valence-corrected chi connectivity index (χ3v) is 7.56. The predicted octanol–water partition coefficient (Wildman–Crippen LogP) is 4.78. The number of hydrogen-bond donors (Lipinski definition) is 2. The predicted molar refractivity (Wildman–Crippen MR) is 131 cm³/mol. The fourth-order valence-electron chi connectivity index (χ4n) is 3.09. The monoisotopic (exact) mass is 512 g/mol. The number of amides is 1. The zero-order chi connectivity index (χ0) is 24.3. The Kier molecular flexibility index (Phi) is 6.73. The van der Waals surface area contributed by atoms with Gasteiger partial charge in [0.2, 0.25) is 5.13 Å². The third kappa shape index (κ3) is 5.14. The first-order chi connectivity index (χ1) is 16.2. The lowest BCUT2D eigenvalue weighted by atomic mass is 10.0. The molecule has 1 heterocycles. The van der Waals surface area contributed by atoms with Crippen molar-refractivity contribution in [3.63, 3.8) is 0 Å². The zero-order valence-corrected chi connectivity index (χ0v) is 20.0. The molecule has 0 fully saturated rings. The van der Waals surface area contributed by atoms with Gasteiger partial charge in [0, 0.05) is 21.7 Å². The number of carbonyl (C=O) groups is 2. The molecule has 0 saturated carbocycles. The number of sulfonamides is 1. The lowest BCUT2D eigenvalue weighted by Crippen LogP contribution is -2.16. The fraction of sp³-hybridized carbons (Fsp3) is 0.0435. The summed E-state index contributed by atoms with van der Waals surface area (Å²) in [5.41, 5.74) is 1.70. The van der Waals surface area contributed by atoms with Crippen molar-refractivity contribution in [2.75, 3.05) is 10.0 Å². The molecule has 34 heavy (non-hydrogen) atoms. The molecule has 0 unspecified atom stereocenters. The highest BCUT2D eigenvalue weighted by molar-refractivity contribution is 7.94. The number of anilines is 2. The minimum atomic E-state index is -4.20. The number of nitrogens with zero attached hydrogens (tertiary/aromatic N) is 2. The average molecular weight is 513 g/mol. The number of ketones is 1. The van der Waals surface area contributed by atoms with E-state index >= 15 is 0 Å². The van der Waals surface area contributed by atoms with Crippen LogP contribution in [0, 0.1) is 6.92 Å². The van der Waals surface area contributed by atoms with E-state index in [1.165, 1.54) is 18.2 Å². The van der Waals surface area contributed by atoms with Gasteiger partial charge in [-0.2, -0.15) is 8.42 Å². The molecule has 1 aromatic heterocycles. The number of aromatic nitrogens is 2. The first kappa shape index (κ1) is 23.6. The van der Waals surface area contributed by atoms with Crippen LogP contribution >= 0.6 is 22.9 Å². The highest BCUT2D eigenvalue weighted by Gasteiger charge is 2.24. The van der Waals surface area contributed by atoms with E-state index in [1.54, 1.807) is 61.5 Å². The molecule has 0 aliphatic carbocycles. The molecule has 11 heteroatoms. The molecule has 0 bridgehead atoms. The topological polar surface area (TPSA) is 118 Å². The average Bonchev–Trinajstić information content (AvgIpc) is 3.30. The maximum atomic E-state index is 13.0. The van der Waals surface area contributed by atoms with Crippen LogP contribution in [-0.2, 0) is 10.0 Å². The highest BCUT2D eigenvalue weighted by Crippen LogP contribution is 2.28. The summed E-state index contributed by atoms with van der Waals surface area (Å²) in [5.74, 6) is -0.830. The Morgan fingerprint density at radius 1 is 0.912 bits per heavy atom. The van der Waals surface area contributed by atoms with E-state index in [0.717, 1.165) is 5.56 Å². The van der Waals surface area contributed by atoms with Gasteiger partial charge >= 0.3 is 0 Å². The first-order valence-corrected chi connectivity index (χ1v) is 12.5. The summed E-state index contributed by atoms with van der Waals surface area (Å²) < 4.78 is 27.9. The SMILES string of the molecule is Cc1ccccc1C(=O)Nc1nnc(S(=O)(=O)Nc2ccc(Cl)cc2C(=O)c2ccccc2)s1. The Hall–Kier alpha value is -3.60. The Morgan fingerprint density at radius 3 is 2.35 bits per heavy atom. The van der Waals surface area contributed by atoms with Gasteiger partial charge < -0.3 is 0 Å². The lowest BCUT2D eigenvalue weighted by molar-refractivity contribution is 0.102. The molecule has 0 radical (unpaired) electrons. The summed E-state index contributed by atoms with van der Waals surface area (Å²) in [5, 5.41) is 10.3. The largest absolute Gasteiger partial charge is 0.296 e. The van der Waals surface area contributed by atoms with Crippen LogP contribution in [0.15, 0.2) is 77.1 Å². The van der Waals surface area contributed by atoms with Crippen molar-refractivity contribution in [1.82, 2.24) is 10.2 Å². The molecule has 3 aromatic carbocycles. The van der Waals surface area contributed by atoms with Crippen LogP contribution in [0.3, 0.4) is 0 Å². The second kappa shape index (κ2) is 9.72. The van der Waals surface area contributed by atoms with Crippen LogP contribution < -0.4 is 10.0 Å². The number of aryl methyl sites for hydroxylation is 1. The standard InChI is InChI=1S/C23H17ClN4O4S2/c1-14-7-5-6-10-17(14)21(30)25-22-26-27-23(33-22)34(31,32)28-19-12-11-16(24)13-18(19)20(29)15-8-3-2-4-9-15/h2-13,28H,1H3,(H,25,26,30). The number of benzene rings is 3. The molecule has 4 rings (SSSR count). The van der Waals surface area contributed by atoms with E-state index in [9.17, 15) is 18.0 Å². The van der Waals surface area contributed by atoms with Crippen molar-refractivity contribution in [3.05, 3.63) is 100 Å². The summed E-state index contributed by atoms with van der Waals surface area (Å²) in [6.45, 7) is 1.79. The third-order valence-electron chi connectivity index (χ3n) is 4.75. The Balaban J connectivity index is 1.58. The minimum absolute atomic E-state index is 0.0188. The number of rotatable bonds is 7. The molecule has 0 saturated heterocycles. The quantitative estimate of drug-likeness (QED) is 0.271. The van der Waals surface area contributed by atoms with Crippen LogP contribution in [0.4, 0.5) is 10.8 Å². The minimum Gasteiger partial charge on any atom is -0.296 e. The molecule has 172 valence electrons. The smallest absolute Gasteiger partial charge is 0.291 e. The second-order valence-electron chi connectivity index (χ2n) is 7.13. The fourth-order valence-corrected chi connectivity index (χ4v) is 5.24. The maximum Gasteiger partial charge on any atom is 0.291 e. The van der Waals surface area contributed by atoms with Gasteiger partial charge in [0.05, 0.1) is 5.69 Å². The molecular weight excluding hydrogens is 496 g/mol. The van der Waals surface area contributed by atoms with Gasteiger partial charge in [0.1, 0.15) is 0 Å². The van der Waals surface area contributed by atoms with Gasteiger partial charge in [0.15, 0.2) is 5.78 Å². The van der Waals surface area contributed by atoms with Gasteiger partial charge in [-0.05, 0) is 36.8 Å². The number of halogens is 1. The second-order valence-corrected chi connectivity index (χ2v) is 10.4. The Morgan fingerprint density at radius 2 is 1.62 bits per heavy atom. The molecule has 0 aliphatic rings. The van der Waals surface area contributed by atoms with Crippen molar-refractivity contribution in [1.29, 1.82) is 0 Å². The summed E-state index contributed by atoms with van der Waals surface area (Å²) in [6.07, 6.45) is 0. The summed E-state index contributed by atoms with van der Waals surface area (Å²) in [4.78, 5) is 25.4. The van der Waals surface area contributed by atoms with E-state index < -0.39 is 21.7 Å². The molecule has 8 nitrogen and oxygen atoms in total. The molecule has 0 aliphatic heterocycles. The van der Waals surface area contributed by atoms with E-state index in [4.69, 9.17) is 11.6 Å². The molecule has 0 spiro atoms. The van der Waals surface area contributed by atoms with Gasteiger partial charge in [-0.25, -0.2) is 0 Å². The van der Waals surface area contributed by atoms with Crippen LogP contribution in [0.5, 0.6) is 0 Å². The van der Waals surface area contributed by atoms with Gasteiger partial charge in [0.25, 0.3) is 20.3 Å². The first-order valence-electron chi connectivity index (χ1n) is 9.87. The Bertz CT molecular complexity index is 1490. The van der Waals surface area contributed by atoms with E-state index in [-0.39, 0.29) is 25.7 Å². The van der Waals surface area contributed by atoms with E-state index in [2.05, 4.69) is 20.2 Å². The molecule has 2 N–H and O–H groups in total. The van der Waals surface area contributed by atoms with Gasteiger partial charge in [-0.15, -0.1) is 10.2 Å². The summed E-state index contributed by atoms with van der Waals surface area (Å²) >= 11 is 6.75. The lowest BCUT2D eigenvalue weighted by Gasteiger charge is -2.11. The van der Waals surface area contributed by atoms with Crippen molar-refractivity contribution in [2.45, 2.75) is 11.3 Å². The highest BCUT2D eigenvalue weighted by atomic mass is 35.5. The van der Waals surface area contributed by atoms with E-state index in [1.807, 2.05) is 0 Å². The summed E-state index contributed by atoms with van der Waals surface area (Å²) in [6, 6.07) is 19.6. The number of nitrogens with one attached hydrogen (secondary N) is 2. The molecular formula is C23H17ClN4O4S2.